The van der Waals surface area contributed by atoms with Crippen LogP contribution in [0.25, 0.3) is 0 Å². The maximum Gasteiger partial charge on any atom is 0.0227 e. The highest BCUT2D eigenvalue weighted by Gasteiger charge is 2.15. The minimum Gasteiger partial charge on any atom is -0.0856 e. The molecule has 0 radical (unpaired) electrons. The summed E-state index contributed by atoms with van der Waals surface area (Å²) in [5.41, 5.74) is 0. The van der Waals surface area contributed by atoms with Crippen LogP contribution < -0.4 is 0 Å². The molecule has 0 saturated heterocycles. The van der Waals surface area contributed by atoms with Crippen molar-refractivity contribution in [2.24, 2.45) is 0 Å². The van der Waals surface area contributed by atoms with Crippen molar-refractivity contribution >= 4 is 15.9 Å². The van der Waals surface area contributed by atoms with Gasteiger partial charge >= 0.3 is 0 Å². The lowest BCUT2D eigenvalue weighted by Gasteiger charge is -2.19. The van der Waals surface area contributed by atoms with Crippen molar-refractivity contribution in [1.82, 2.24) is 0 Å². The predicted molar refractivity (Wildman–Crippen MR) is 51.8 cm³/mol. The largest absolute Gasteiger partial charge is 0.0856 e. The van der Waals surface area contributed by atoms with Crippen LogP contribution in [-0.2, 0) is 0 Å². The lowest BCUT2D eigenvalue weighted by Crippen LogP contribution is -2.12. The molecule has 0 bridgehead atoms. The fourth-order valence-electron chi connectivity index (χ4n) is 0.920. The van der Waals surface area contributed by atoms with E-state index in [0.29, 0.717) is 4.32 Å². The highest BCUT2D eigenvalue weighted by Crippen LogP contribution is 2.27. The molecule has 0 nitrogen and oxygen atoms in total. The molecule has 0 fully saturated rings. The summed E-state index contributed by atoms with van der Waals surface area (Å²) in [6.07, 6.45) is 6.62. The van der Waals surface area contributed by atoms with Gasteiger partial charge in [-0.3, -0.25) is 0 Å². The Balaban J connectivity index is 3.28. The first-order valence-electron chi connectivity index (χ1n) is 4.31. The Bertz CT molecular complexity index is 76.8. The maximum atomic E-state index is 3.71. The Labute approximate surface area is 73.5 Å². The van der Waals surface area contributed by atoms with Crippen molar-refractivity contribution in [3.8, 4) is 0 Å². The third kappa shape index (κ3) is 5.28. The van der Waals surface area contributed by atoms with Crippen LogP contribution in [0, 0.1) is 0 Å². The highest BCUT2D eigenvalue weighted by atomic mass is 79.9. The molecular formula is C9H19Br. The molecule has 0 N–H and O–H groups in total. The Hall–Kier alpha value is 0.480. The number of halogens is 1. The average molecular weight is 207 g/mol. The average Bonchev–Trinajstić information content (AvgIpc) is 1.89. The van der Waals surface area contributed by atoms with Gasteiger partial charge in [0.25, 0.3) is 0 Å². The molecule has 0 aromatic carbocycles. The van der Waals surface area contributed by atoms with E-state index in [2.05, 4.69) is 36.7 Å². The van der Waals surface area contributed by atoms with Gasteiger partial charge in [-0.1, -0.05) is 49.0 Å². The molecule has 0 saturated carbocycles. The Morgan fingerprint density at radius 1 is 1.20 bits per heavy atom. The number of unbranched alkanes of at least 4 members (excludes halogenated alkanes) is 2. The summed E-state index contributed by atoms with van der Waals surface area (Å²) in [6.45, 7) is 6.76. The van der Waals surface area contributed by atoms with E-state index in [1.165, 1.54) is 32.1 Å². The molecule has 0 spiro atoms. The number of hydrogen-bond acceptors (Lipinski definition) is 0. The van der Waals surface area contributed by atoms with Gasteiger partial charge in [0.05, 0.1) is 0 Å². The van der Waals surface area contributed by atoms with E-state index in [-0.39, 0.29) is 0 Å². The van der Waals surface area contributed by atoms with Gasteiger partial charge in [-0.25, -0.2) is 0 Å². The summed E-state index contributed by atoms with van der Waals surface area (Å²) >= 11 is 3.71. The van der Waals surface area contributed by atoms with Gasteiger partial charge in [-0.15, -0.1) is 0 Å². The number of rotatable bonds is 5. The molecule has 0 aliphatic carbocycles. The molecule has 1 atom stereocenters. The third-order valence-electron chi connectivity index (χ3n) is 2.04. The van der Waals surface area contributed by atoms with Gasteiger partial charge in [0.1, 0.15) is 0 Å². The van der Waals surface area contributed by atoms with Crippen LogP contribution in [0.15, 0.2) is 0 Å². The molecule has 0 aliphatic rings. The summed E-state index contributed by atoms with van der Waals surface area (Å²) in [7, 11) is 0. The van der Waals surface area contributed by atoms with E-state index in [1.54, 1.807) is 0 Å². The second-order valence-electron chi connectivity index (χ2n) is 3.22. The lowest BCUT2D eigenvalue weighted by molar-refractivity contribution is 0.535. The van der Waals surface area contributed by atoms with E-state index < -0.39 is 0 Å². The molecule has 0 amide bonds. The highest BCUT2D eigenvalue weighted by molar-refractivity contribution is 9.10. The molecule has 1 heteroatoms. The van der Waals surface area contributed by atoms with Crippen LogP contribution in [0.1, 0.15) is 52.9 Å². The second kappa shape index (κ2) is 5.17. The Morgan fingerprint density at radius 2 is 1.80 bits per heavy atom. The molecule has 0 aliphatic heterocycles. The number of hydrogen-bond donors (Lipinski definition) is 0. The lowest BCUT2D eigenvalue weighted by atomic mass is 10.0. The molecule has 0 aromatic heterocycles. The smallest absolute Gasteiger partial charge is 0.0227 e. The summed E-state index contributed by atoms with van der Waals surface area (Å²) in [5, 5.41) is 0. The number of alkyl halides is 1. The monoisotopic (exact) mass is 206 g/mol. The van der Waals surface area contributed by atoms with Crippen molar-refractivity contribution in [3.05, 3.63) is 0 Å². The molecule has 1 unspecified atom stereocenters. The minimum absolute atomic E-state index is 0.405. The molecule has 0 heterocycles. The fraction of sp³-hybridized carbons (Fsp3) is 1.00. The van der Waals surface area contributed by atoms with E-state index in [4.69, 9.17) is 0 Å². The Kier molecular flexibility index (Phi) is 5.42. The third-order valence-corrected chi connectivity index (χ3v) is 3.00. The van der Waals surface area contributed by atoms with Gasteiger partial charge in [-0.05, 0) is 19.8 Å². The Morgan fingerprint density at radius 3 is 2.20 bits per heavy atom. The van der Waals surface area contributed by atoms with Gasteiger partial charge in [0.2, 0.25) is 0 Å². The quantitative estimate of drug-likeness (QED) is 0.469. The summed E-state index contributed by atoms with van der Waals surface area (Å²) in [5.74, 6) is 0. The first kappa shape index (κ1) is 10.5. The van der Waals surface area contributed by atoms with Crippen molar-refractivity contribution in [3.63, 3.8) is 0 Å². The van der Waals surface area contributed by atoms with Gasteiger partial charge < -0.3 is 0 Å². The van der Waals surface area contributed by atoms with Gasteiger partial charge in [-0.2, -0.15) is 0 Å². The van der Waals surface area contributed by atoms with E-state index in [1.807, 2.05) is 0 Å². The zero-order valence-electron chi connectivity index (χ0n) is 7.41. The molecule has 62 valence electrons. The molecule has 10 heavy (non-hydrogen) atoms. The molecule has 0 rings (SSSR count). The van der Waals surface area contributed by atoms with Crippen LogP contribution in [0.4, 0.5) is 0 Å². The van der Waals surface area contributed by atoms with E-state index in [9.17, 15) is 0 Å². The minimum atomic E-state index is 0.405. The van der Waals surface area contributed by atoms with E-state index in [0.717, 1.165) is 0 Å². The second-order valence-corrected chi connectivity index (χ2v) is 5.14. The predicted octanol–water partition coefficient (Wildman–Crippen LogP) is 4.13. The zero-order valence-corrected chi connectivity index (χ0v) is 9.00. The zero-order chi connectivity index (χ0) is 8.04. The topological polar surface area (TPSA) is 0 Å². The summed E-state index contributed by atoms with van der Waals surface area (Å²) in [6, 6.07) is 0. The van der Waals surface area contributed by atoms with Crippen LogP contribution in [0.3, 0.4) is 0 Å². The van der Waals surface area contributed by atoms with Crippen LogP contribution >= 0.6 is 15.9 Å². The SMILES string of the molecule is CCCCCC(C)(Br)CC. The van der Waals surface area contributed by atoms with E-state index >= 15 is 0 Å². The van der Waals surface area contributed by atoms with Crippen LogP contribution in [0.2, 0.25) is 0 Å². The molecule has 0 aromatic rings. The standard InChI is InChI=1S/C9H19Br/c1-4-6-7-8-9(3,10)5-2/h4-8H2,1-3H3. The maximum absolute atomic E-state index is 3.71. The summed E-state index contributed by atoms with van der Waals surface area (Å²) in [4.78, 5) is 0. The van der Waals surface area contributed by atoms with Gasteiger partial charge in [0.15, 0.2) is 0 Å². The first-order chi connectivity index (χ1) is 4.62. The van der Waals surface area contributed by atoms with Gasteiger partial charge in [0, 0.05) is 4.32 Å². The van der Waals surface area contributed by atoms with Crippen molar-refractivity contribution in [2.75, 3.05) is 0 Å². The van der Waals surface area contributed by atoms with Crippen LogP contribution in [0.5, 0.6) is 0 Å². The fourth-order valence-corrected chi connectivity index (χ4v) is 1.20. The van der Waals surface area contributed by atoms with Crippen molar-refractivity contribution in [1.29, 1.82) is 0 Å². The summed E-state index contributed by atoms with van der Waals surface area (Å²) < 4.78 is 0.405. The first-order valence-corrected chi connectivity index (χ1v) is 5.10. The van der Waals surface area contributed by atoms with Crippen LogP contribution in [-0.4, -0.2) is 4.32 Å². The van der Waals surface area contributed by atoms with Crippen molar-refractivity contribution in [2.45, 2.75) is 57.2 Å². The molecular weight excluding hydrogens is 188 g/mol. The normalized spacial score (nSPS) is 16.8. The van der Waals surface area contributed by atoms with Crippen molar-refractivity contribution < 1.29 is 0 Å².